The highest BCUT2D eigenvalue weighted by Gasteiger charge is 2.43. The lowest BCUT2D eigenvalue weighted by Gasteiger charge is -2.40. The molecule has 3 fully saturated rings. The predicted octanol–water partition coefficient (Wildman–Crippen LogP) is 2.40. The van der Waals surface area contributed by atoms with E-state index in [0.717, 1.165) is 45.4 Å². The van der Waals surface area contributed by atoms with Gasteiger partial charge in [-0.25, -0.2) is 0 Å². The summed E-state index contributed by atoms with van der Waals surface area (Å²) in [6, 6.07) is 0.486. The molecule has 0 aromatic heterocycles. The first-order chi connectivity index (χ1) is 10.1. The lowest BCUT2D eigenvalue weighted by molar-refractivity contribution is -0.152. The molecule has 3 aliphatic rings. The van der Waals surface area contributed by atoms with Crippen LogP contribution in [0.1, 0.15) is 52.4 Å². The molecule has 120 valence electrons. The van der Waals surface area contributed by atoms with Gasteiger partial charge in [0.2, 0.25) is 0 Å². The number of hydrogen-bond acceptors (Lipinski definition) is 4. The van der Waals surface area contributed by atoms with Crippen molar-refractivity contribution in [1.82, 2.24) is 4.90 Å². The zero-order valence-corrected chi connectivity index (χ0v) is 13.5. The summed E-state index contributed by atoms with van der Waals surface area (Å²) < 4.78 is 11.8. The number of carbonyl (C=O) groups excluding carboxylic acids is 1. The summed E-state index contributed by atoms with van der Waals surface area (Å²) in [4.78, 5) is 15.2. The Labute approximate surface area is 128 Å². The zero-order chi connectivity index (χ0) is 14.9. The van der Waals surface area contributed by atoms with E-state index in [4.69, 9.17) is 9.47 Å². The van der Waals surface area contributed by atoms with Crippen LogP contribution < -0.4 is 0 Å². The second-order valence-electron chi connectivity index (χ2n) is 7.28. The van der Waals surface area contributed by atoms with Crippen LogP contribution in [0, 0.1) is 5.92 Å². The minimum atomic E-state index is -0.220. The Bertz CT molecular complexity index is 376. The Morgan fingerprint density at radius 3 is 2.71 bits per heavy atom. The van der Waals surface area contributed by atoms with Crippen molar-refractivity contribution in [3.05, 3.63) is 0 Å². The second-order valence-corrected chi connectivity index (χ2v) is 7.28. The third-order valence-electron chi connectivity index (χ3n) is 5.56. The van der Waals surface area contributed by atoms with Crippen LogP contribution in [-0.4, -0.2) is 54.7 Å². The van der Waals surface area contributed by atoms with Gasteiger partial charge in [0, 0.05) is 31.7 Å². The predicted molar refractivity (Wildman–Crippen MR) is 81.3 cm³/mol. The Hall–Kier alpha value is -0.450. The quantitative estimate of drug-likeness (QED) is 0.801. The molecule has 4 nitrogen and oxygen atoms in total. The number of hydrogen-bond donors (Lipinski definition) is 0. The van der Waals surface area contributed by atoms with Crippen molar-refractivity contribution >= 4 is 5.78 Å². The van der Waals surface area contributed by atoms with E-state index in [0.29, 0.717) is 18.4 Å². The largest absolute Gasteiger partial charge is 0.375 e. The van der Waals surface area contributed by atoms with Gasteiger partial charge in [-0.1, -0.05) is 12.8 Å². The first kappa shape index (κ1) is 15.4. The van der Waals surface area contributed by atoms with Crippen LogP contribution in [0.5, 0.6) is 0 Å². The number of ketones is 1. The van der Waals surface area contributed by atoms with E-state index in [9.17, 15) is 4.79 Å². The van der Waals surface area contributed by atoms with E-state index in [1.54, 1.807) is 0 Å². The maximum atomic E-state index is 12.9. The number of rotatable bonds is 3. The maximum Gasteiger partial charge on any atom is 0.166 e. The monoisotopic (exact) mass is 295 g/mol. The fourth-order valence-corrected chi connectivity index (χ4v) is 4.21. The molecule has 2 atom stereocenters. The molecule has 21 heavy (non-hydrogen) atoms. The fourth-order valence-electron chi connectivity index (χ4n) is 4.21. The van der Waals surface area contributed by atoms with Crippen LogP contribution >= 0.6 is 0 Å². The number of morpholine rings is 1. The van der Waals surface area contributed by atoms with E-state index in [2.05, 4.69) is 18.7 Å². The van der Waals surface area contributed by atoms with Gasteiger partial charge in [0.25, 0.3) is 0 Å². The summed E-state index contributed by atoms with van der Waals surface area (Å²) in [6.45, 7) is 7.52. The molecule has 0 bridgehead atoms. The SMILES string of the molecule is CC(C)N1CCOC(C(=O)C2CCOC3(CCCC3)C2)C1. The normalized spacial score (nSPS) is 33.7. The van der Waals surface area contributed by atoms with E-state index in [-0.39, 0.29) is 17.6 Å². The van der Waals surface area contributed by atoms with Crippen LogP contribution in [-0.2, 0) is 14.3 Å². The van der Waals surface area contributed by atoms with E-state index in [1.807, 2.05) is 0 Å². The van der Waals surface area contributed by atoms with Gasteiger partial charge in [-0.05, 0) is 39.5 Å². The van der Waals surface area contributed by atoms with Crippen molar-refractivity contribution in [1.29, 1.82) is 0 Å². The summed E-state index contributed by atoms with van der Waals surface area (Å²) in [5.41, 5.74) is 0.0188. The molecule has 2 heterocycles. The Morgan fingerprint density at radius 1 is 1.24 bits per heavy atom. The van der Waals surface area contributed by atoms with E-state index < -0.39 is 0 Å². The Kier molecular flexibility index (Phi) is 4.67. The summed E-state index contributed by atoms with van der Waals surface area (Å²) in [6.07, 6.45) is 6.36. The smallest absolute Gasteiger partial charge is 0.166 e. The number of nitrogens with zero attached hydrogens (tertiary/aromatic N) is 1. The van der Waals surface area contributed by atoms with Crippen molar-refractivity contribution in [2.24, 2.45) is 5.92 Å². The molecule has 0 radical (unpaired) electrons. The average molecular weight is 295 g/mol. The molecule has 1 aliphatic carbocycles. The molecular weight excluding hydrogens is 266 g/mol. The van der Waals surface area contributed by atoms with Gasteiger partial charge in [-0.3, -0.25) is 9.69 Å². The minimum absolute atomic E-state index is 0.0188. The Morgan fingerprint density at radius 2 is 2.00 bits per heavy atom. The maximum absolute atomic E-state index is 12.9. The molecule has 4 heteroatoms. The molecule has 2 unspecified atom stereocenters. The van der Waals surface area contributed by atoms with Gasteiger partial charge < -0.3 is 9.47 Å². The van der Waals surface area contributed by atoms with Crippen LogP contribution in [0.2, 0.25) is 0 Å². The average Bonchev–Trinajstić information content (AvgIpc) is 2.94. The van der Waals surface area contributed by atoms with E-state index >= 15 is 0 Å². The first-order valence-electron chi connectivity index (χ1n) is 8.63. The van der Waals surface area contributed by atoms with Crippen LogP contribution in [0.15, 0.2) is 0 Å². The molecule has 0 N–H and O–H groups in total. The summed E-state index contributed by atoms with van der Waals surface area (Å²) in [5.74, 6) is 0.476. The van der Waals surface area contributed by atoms with Crippen LogP contribution in [0.4, 0.5) is 0 Å². The van der Waals surface area contributed by atoms with Gasteiger partial charge in [0.1, 0.15) is 6.10 Å². The number of ether oxygens (including phenoxy) is 2. The van der Waals surface area contributed by atoms with Gasteiger partial charge in [-0.2, -0.15) is 0 Å². The highest BCUT2D eigenvalue weighted by atomic mass is 16.5. The highest BCUT2D eigenvalue weighted by Crippen LogP contribution is 2.42. The van der Waals surface area contributed by atoms with Crippen molar-refractivity contribution < 1.29 is 14.3 Å². The topological polar surface area (TPSA) is 38.8 Å². The first-order valence-corrected chi connectivity index (χ1v) is 8.63. The molecule has 2 saturated heterocycles. The van der Waals surface area contributed by atoms with Gasteiger partial charge >= 0.3 is 0 Å². The third-order valence-corrected chi connectivity index (χ3v) is 5.56. The Balaban J connectivity index is 1.61. The summed E-state index contributed by atoms with van der Waals surface area (Å²) >= 11 is 0. The van der Waals surface area contributed by atoms with Gasteiger partial charge in [0.15, 0.2) is 5.78 Å². The molecule has 1 spiro atoms. The van der Waals surface area contributed by atoms with E-state index in [1.165, 1.54) is 12.8 Å². The van der Waals surface area contributed by atoms with Crippen molar-refractivity contribution in [3.8, 4) is 0 Å². The highest BCUT2D eigenvalue weighted by molar-refractivity contribution is 5.86. The lowest BCUT2D eigenvalue weighted by atomic mass is 9.81. The zero-order valence-electron chi connectivity index (χ0n) is 13.5. The number of carbonyl (C=O) groups is 1. The molecule has 0 amide bonds. The van der Waals surface area contributed by atoms with Gasteiger partial charge in [-0.15, -0.1) is 0 Å². The van der Waals surface area contributed by atoms with Gasteiger partial charge in [0.05, 0.1) is 12.2 Å². The van der Waals surface area contributed by atoms with Crippen molar-refractivity contribution in [2.75, 3.05) is 26.3 Å². The van der Waals surface area contributed by atoms with Crippen molar-refractivity contribution in [3.63, 3.8) is 0 Å². The van der Waals surface area contributed by atoms with Crippen LogP contribution in [0.25, 0.3) is 0 Å². The molecule has 1 saturated carbocycles. The third kappa shape index (κ3) is 3.33. The van der Waals surface area contributed by atoms with Crippen LogP contribution in [0.3, 0.4) is 0 Å². The number of Topliss-reactive ketones (excluding diaryl/α,β-unsaturated/α-hetero) is 1. The standard InChI is InChI=1S/C17H29NO3/c1-13(2)18-8-10-20-15(12-18)16(19)14-5-9-21-17(11-14)6-3-4-7-17/h13-15H,3-12H2,1-2H3. The molecule has 3 rings (SSSR count). The fraction of sp³-hybridized carbons (Fsp3) is 0.941. The molecular formula is C17H29NO3. The molecule has 0 aromatic rings. The summed E-state index contributed by atoms with van der Waals surface area (Å²) in [5, 5.41) is 0. The second kappa shape index (κ2) is 6.35. The molecule has 2 aliphatic heterocycles. The van der Waals surface area contributed by atoms with Crippen molar-refractivity contribution in [2.45, 2.75) is 70.1 Å². The minimum Gasteiger partial charge on any atom is -0.375 e. The summed E-state index contributed by atoms with van der Waals surface area (Å²) in [7, 11) is 0. The lowest BCUT2D eigenvalue weighted by Crippen LogP contribution is -2.51. The molecule has 0 aromatic carbocycles.